The van der Waals surface area contributed by atoms with E-state index in [1.165, 1.54) is 18.2 Å². The number of methoxy groups -OCH3 is 1. The molecule has 0 aliphatic carbocycles. The number of benzene rings is 2. The molecule has 0 fully saturated rings. The molecule has 2 aromatic rings. The van der Waals surface area contributed by atoms with Gasteiger partial charge in [-0.25, -0.2) is 9.18 Å². The molecule has 0 unspecified atom stereocenters. The Labute approximate surface area is 147 Å². The van der Waals surface area contributed by atoms with Crippen LogP contribution >= 0.6 is 0 Å². The SMILES string of the molecule is COC(=O)Nc1cccc(F)c1COc1cc(C)c(C)cc1C(F)(F)F. The number of aryl methyl sites for hydroxylation is 2. The lowest BCUT2D eigenvalue weighted by Gasteiger charge is -2.17. The van der Waals surface area contributed by atoms with Gasteiger partial charge < -0.3 is 9.47 Å². The van der Waals surface area contributed by atoms with Crippen molar-refractivity contribution in [1.29, 1.82) is 0 Å². The molecule has 0 aromatic heterocycles. The van der Waals surface area contributed by atoms with Crippen molar-refractivity contribution in [3.8, 4) is 5.75 Å². The maximum Gasteiger partial charge on any atom is 0.419 e. The van der Waals surface area contributed by atoms with E-state index in [9.17, 15) is 22.4 Å². The molecule has 0 bridgehead atoms. The number of anilines is 1. The van der Waals surface area contributed by atoms with Crippen LogP contribution in [0.3, 0.4) is 0 Å². The third-order valence-electron chi connectivity index (χ3n) is 3.81. The number of alkyl halides is 3. The largest absolute Gasteiger partial charge is 0.488 e. The number of carbonyl (C=O) groups excluding carboxylic acids is 1. The molecular formula is C18H17F4NO3. The Hall–Kier alpha value is -2.77. The second-order valence-corrected chi connectivity index (χ2v) is 5.60. The van der Waals surface area contributed by atoms with Crippen LogP contribution in [-0.2, 0) is 17.5 Å². The van der Waals surface area contributed by atoms with E-state index in [0.29, 0.717) is 11.1 Å². The summed E-state index contributed by atoms with van der Waals surface area (Å²) in [5, 5.41) is 2.30. The summed E-state index contributed by atoms with van der Waals surface area (Å²) in [5.41, 5.74) is 0.0796. The van der Waals surface area contributed by atoms with Crippen LogP contribution in [0.1, 0.15) is 22.3 Å². The Bertz CT molecular complexity index is 819. The Morgan fingerprint density at radius 2 is 1.81 bits per heavy atom. The van der Waals surface area contributed by atoms with Gasteiger partial charge in [-0.15, -0.1) is 0 Å². The Morgan fingerprint density at radius 1 is 1.15 bits per heavy atom. The molecule has 4 nitrogen and oxygen atoms in total. The number of amides is 1. The summed E-state index contributed by atoms with van der Waals surface area (Å²) < 4.78 is 63.5. The predicted molar refractivity (Wildman–Crippen MR) is 87.7 cm³/mol. The van der Waals surface area contributed by atoms with Crippen molar-refractivity contribution in [2.75, 3.05) is 12.4 Å². The Kier molecular flexibility index (Phi) is 5.74. The van der Waals surface area contributed by atoms with E-state index < -0.39 is 36.0 Å². The number of ether oxygens (including phenoxy) is 2. The minimum atomic E-state index is -4.61. The average Bonchev–Trinajstić information content (AvgIpc) is 2.56. The van der Waals surface area contributed by atoms with Gasteiger partial charge >= 0.3 is 12.3 Å². The molecule has 0 saturated carbocycles. The third-order valence-corrected chi connectivity index (χ3v) is 3.81. The highest BCUT2D eigenvalue weighted by Gasteiger charge is 2.35. The maximum atomic E-state index is 14.1. The fourth-order valence-electron chi connectivity index (χ4n) is 2.26. The van der Waals surface area contributed by atoms with Crippen molar-refractivity contribution >= 4 is 11.8 Å². The molecule has 2 aromatic carbocycles. The van der Waals surface area contributed by atoms with Gasteiger partial charge in [0.1, 0.15) is 18.2 Å². The van der Waals surface area contributed by atoms with Crippen molar-refractivity contribution in [3.05, 3.63) is 58.4 Å². The molecule has 26 heavy (non-hydrogen) atoms. The summed E-state index contributed by atoms with van der Waals surface area (Å²) in [5.74, 6) is -1.14. The van der Waals surface area contributed by atoms with Gasteiger partial charge in [-0.2, -0.15) is 13.2 Å². The number of nitrogens with one attached hydrogen (secondary N) is 1. The van der Waals surface area contributed by atoms with Crippen LogP contribution in [0.25, 0.3) is 0 Å². The van der Waals surface area contributed by atoms with Crippen molar-refractivity contribution in [2.45, 2.75) is 26.6 Å². The quantitative estimate of drug-likeness (QED) is 0.750. The number of carbonyl (C=O) groups is 1. The summed E-state index contributed by atoms with van der Waals surface area (Å²) in [6.07, 6.45) is -5.45. The predicted octanol–water partition coefficient (Wildman–Crippen LogP) is 5.22. The summed E-state index contributed by atoms with van der Waals surface area (Å²) in [4.78, 5) is 11.3. The van der Waals surface area contributed by atoms with E-state index in [-0.39, 0.29) is 11.3 Å². The van der Waals surface area contributed by atoms with Gasteiger partial charge in [0.25, 0.3) is 0 Å². The van der Waals surface area contributed by atoms with E-state index in [1.54, 1.807) is 13.8 Å². The normalized spacial score (nSPS) is 11.2. The number of halogens is 4. The monoisotopic (exact) mass is 371 g/mol. The van der Waals surface area contributed by atoms with Crippen molar-refractivity contribution in [2.24, 2.45) is 0 Å². The number of hydrogen-bond acceptors (Lipinski definition) is 3. The standard InChI is InChI=1S/C18H17F4NO3/c1-10-7-13(18(20,21)22)16(8-11(10)2)26-9-12-14(19)5-4-6-15(12)23-17(24)25-3/h4-8H,9H2,1-3H3,(H,23,24). The number of rotatable bonds is 4. The molecule has 1 amide bonds. The molecule has 0 aliphatic heterocycles. The molecule has 0 aliphatic rings. The van der Waals surface area contributed by atoms with E-state index in [1.807, 2.05) is 0 Å². The third kappa shape index (κ3) is 4.44. The molecule has 0 heterocycles. The fraction of sp³-hybridized carbons (Fsp3) is 0.278. The van der Waals surface area contributed by atoms with Gasteiger partial charge in [0.05, 0.1) is 18.4 Å². The van der Waals surface area contributed by atoms with Crippen LogP contribution in [0, 0.1) is 19.7 Å². The van der Waals surface area contributed by atoms with Crippen molar-refractivity contribution < 1.29 is 31.8 Å². The Morgan fingerprint density at radius 3 is 2.42 bits per heavy atom. The van der Waals surface area contributed by atoms with Crippen LogP contribution in [0.15, 0.2) is 30.3 Å². The van der Waals surface area contributed by atoms with Gasteiger partial charge in [0.15, 0.2) is 0 Å². The molecule has 0 radical (unpaired) electrons. The fourth-order valence-corrected chi connectivity index (χ4v) is 2.26. The first-order valence-electron chi connectivity index (χ1n) is 7.57. The first-order valence-corrected chi connectivity index (χ1v) is 7.57. The summed E-state index contributed by atoms with van der Waals surface area (Å²) in [6, 6.07) is 6.10. The van der Waals surface area contributed by atoms with Crippen molar-refractivity contribution in [1.82, 2.24) is 0 Å². The highest BCUT2D eigenvalue weighted by molar-refractivity contribution is 5.85. The van der Waals surface area contributed by atoms with Gasteiger partial charge in [0, 0.05) is 5.56 Å². The minimum Gasteiger partial charge on any atom is -0.488 e. The van der Waals surface area contributed by atoms with Crippen LogP contribution in [0.4, 0.5) is 28.0 Å². The average molecular weight is 371 g/mol. The second kappa shape index (κ2) is 7.63. The van der Waals surface area contributed by atoms with Gasteiger partial charge in [-0.05, 0) is 49.2 Å². The first-order chi connectivity index (χ1) is 12.1. The van der Waals surface area contributed by atoms with Crippen LogP contribution in [0.5, 0.6) is 5.75 Å². The molecule has 2 rings (SSSR count). The molecule has 140 valence electrons. The van der Waals surface area contributed by atoms with E-state index in [2.05, 4.69) is 10.1 Å². The van der Waals surface area contributed by atoms with E-state index in [0.717, 1.165) is 19.2 Å². The first kappa shape index (κ1) is 19.6. The molecule has 0 atom stereocenters. The number of hydrogen-bond donors (Lipinski definition) is 1. The van der Waals surface area contributed by atoms with E-state index >= 15 is 0 Å². The zero-order chi connectivity index (χ0) is 19.5. The van der Waals surface area contributed by atoms with E-state index in [4.69, 9.17) is 4.74 Å². The maximum absolute atomic E-state index is 14.1. The van der Waals surface area contributed by atoms with Gasteiger partial charge in [-0.1, -0.05) is 6.07 Å². The van der Waals surface area contributed by atoms with Crippen LogP contribution < -0.4 is 10.1 Å². The lowest BCUT2D eigenvalue weighted by atomic mass is 10.0. The topological polar surface area (TPSA) is 47.6 Å². The lowest BCUT2D eigenvalue weighted by molar-refractivity contribution is -0.139. The summed E-state index contributed by atoms with van der Waals surface area (Å²) >= 11 is 0. The molecule has 8 heteroatoms. The van der Waals surface area contributed by atoms with Crippen LogP contribution in [-0.4, -0.2) is 13.2 Å². The molecule has 1 N–H and O–H groups in total. The van der Waals surface area contributed by atoms with Crippen molar-refractivity contribution in [3.63, 3.8) is 0 Å². The zero-order valence-corrected chi connectivity index (χ0v) is 14.3. The smallest absolute Gasteiger partial charge is 0.419 e. The Balaban J connectivity index is 2.35. The highest BCUT2D eigenvalue weighted by atomic mass is 19.4. The molecule has 0 saturated heterocycles. The second-order valence-electron chi connectivity index (χ2n) is 5.60. The lowest BCUT2D eigenvalue weighted by Crippen LogP contribution is -2.15. The summed E-state index contributed by atoms with van der Waals surface area (Å²) in [6.45, 7) is 2.71. The summed E-state index contributed by atoms with van der Waals surface area (Å²) in [7, 11) is 1.13. The van der Waals surface area contributed by atoms with Crippen LogP contribution in [0.2, 0.25) is 0 Å². The highest BCUT2D eigenvalue weighted by Crippen LogP contribution is 2.38. The zero-order valence-electron chi connectivity index (χ0n) is 14.3. The van der Waals surface area contributed by atoms with Gasteiger partial charge in [-0.3, -0.25) is 5.32 Å². The molecule has 0 spiro atoms. The van der Waals surface area contributed by atoms with Gasteiger partial charge in [0.2, 0.25) is 0 Å². The minimum absolute atomic E-state index is 0.0502. The molecular weight excluding hydrogens is 354 g/mol.